The van der Waals surface area contributed by atoms with Crippen LogP contribution < -0.4 is 16.0 Å². The molecule has 2 aromatic carbocycles. The van der Waals surface area contributed by atoms with Crippen LogP contribution in [0.5, 0.6) is 0 Å². The molecule has 1 aromatic heterocycles. The highest BCUT2D eigenvalue weighted by Crippen LogP contribution is 2.29. The van der Waals surface area contributed by atoms with Crippen molar-refractivity contribution in [1.29, 1.82) is 0 Å². The summed E-state index contributed by atoms with van der Waals surface area (Å²) in [6.07, 6.45) is 0.350. The fraction of sp³-hybridized carbons (Fsp3) is 0.227. The third-order valence-electron chi connectivity index (χ3n) is 4.31. The molecule has 0 bridgehead atoms. The highest BCUT2D eigenvalue weighted by Gasteiger charge is 2.13. The topological polar surface area (TPSA) is 113 Å². The summed E-state index contributed by atoms with van der Waals surface area (Å²) in [4.78, 5) is 34.6. The Bertz CT molecular complexity index is 1170. The van der Waals surface area contributed by atoms with Crippen LogP contribution in [0.3, 0.4) is 0 Å². The molecule has 0 fully saturated rings. The maximum Gasteiger partial charge on any atom is 0.221 e. The molecule has 0 saturated carbocycles. The van der Waals surface area contributed by atoms with E-state index >= 15 is 0 Å². The molecule has 172 valence electrons. The van der Waals surface area contributed by atoms with E-state index in [0.29, 0.717) is 33.7 Å². The normalized spacial score (nSPS) is 10.5. The second-order valence-electron chi connectivity index (χ2n) is 7.01. The Morgan fingerprint density at radius 1 is 1.03 bits per heavy atom. The number of nitrogens with one attached hydrogen (secondary N) is 3. The lowest BCUT2D eigenvalue weighted by atomic mass is 10.1. The lowest BCUT2D eigenvalue weighted by molar-refractivity contribution is -0.119. The van der Waals surface area contributed by atoms with Gasteiger partial charge in [-0.3, -0.25) is 14.4 Å². The number of anilines is 3. The molecule has 0 radical (unpaired) electrons. The molecule has 8 nitrogen and oxygen atoms in total. The van der Waals surface area contributed by atoms with E-state index in [4.69, 9.17) is 0 Å². The zero-order valence-electron chi connectivity index (χ0n) is 18.0. The molecule has 0 aliphatic carbocycles. The number of thioether (sulfide) groups is 1. The average Bonchev–Trinajstić information content (AvgIpc) is 3.20. The maximum atomic E-state index is 14.3. The summed E-state index contributed by atoms with van der Waals surface area (Å²) in [6, 6.07) is 11.6. The number of carbonyl (C=O) groups excluding carboxylic acids is 3. The molecule has 0 aliphatic heterocycles. The number of Topliss-reactive ketones (excluding diaryl/α,β-unsaturated/α-hetero) is 1. The van der Waals surface area contributed by atoms with E-state index in [1.165, 1.54) is 43.0 Å². The van der Waals surface area contributed by atoms with Gasteiger partial charge in [-0.1, -0.05) is 41.3 Å². The van der Waals surface area contributed by atoms with Crippen molar-refractivity contribution in [2.24, 2.45) is 0 Å². The first-order valence-electron chi connectivity index (χ1n) is 9.97. The van der Waals surface area contributed by atoms with Gasteiger partial charge in [-0.15, -0.1) is 10.2 Å². The standard InChI is InChI=1S/C22H22FN5O3S2/c1-13(29)24-9-8-15-6-7-16(10-19(15)23)20(31)12-32-22-28-27-21(33-22)26-18-5-3-4-17(11-18)25-14(2)30/h3-7,10-11H,8-9,12H2,1-2H3,(H,24,29)(H,25,30)(H,26,27). The smallest absolute Gasteiger partial charge is 0.221 e. The summed E-state index contributed by atoms with van der Waals surface area (Å²) in [7, 11) is 0. The number of halogens is 1. The van der Waals surface area contributed by atoms with Crippen molar-refractivity contribution >= 4 is 57.2 Å². The molecule has 0 saturated heterocycles. The first kappa shape index (κ1) is 24.3. The molecule has 0 unspecified atom stereocenters. The molecule has 1 heterocycles. The van der Waals surface area contributed by atoms with Gasteiger partial charge < -0.3 is 16.0 Å². The molecule has 3 aromatic rings. The van der Waals surface area contributed by atoms with E-state index in [9.17, 15) is 18.8 Å². The van der Waals surface area contributed by atoms with Gasteiger partial charge in [0.05, 0.1) is 5.75 Å². The summed E-state index contributed by atoms with van der Waals surface area (Å²) < 4.78 is 14.9. The number of hydrogen-bond donors (Lipinski definition) is 3. The Labute approximate surface area is 198 Å². The number of aromatic nitrogens is 2. The molecule has 33 heavy (non-hydrogen) atoms. The Hall–Kier alpha value is -3.31. The monoisotopic (exact) mass is 487 g/mol. The van der Waals surface area contributed by atoms with E-state index in [1.54, 1.807) is 30.3 Å². The molecule has 0 atom stereocenters. The minimum atomic E-state index is -0.472. The van der Waals surface area contributed by atoms with E-state index in [0.717, 1.165) is 5.69 Å². The van der Waals surface area contributed by atoms with Gasteiger partial charge in [0.25, 0.3) is 0 Å². The van der Waals surface area contributed by atoms with Crippen molar-refractivity contribution in [2.75, 3.05) is 22.9 Å². The molecule has 11 heteroatoms. The summed E-state index contributed by atoms with van der Waals surface area (Å²) >= 11 is 2.51. The highest BCUT2D eigenvalue weighted by molar-refractivity contribution is 8.01. The molecular weight excluding hydrogens is 465 g/mol. The third kappa shape index (κ3) is 7.65. The molecule has 2 amide bonds. The van der Waals surface area contributed by atoms with E-state index < -0.39 is 5.82 Å². The highest BCUT2D eigenvalue weighted by atomic mass is 32.2. The first-order valence-corrected chi connectivity index (χ1v) is 11.8. The summed E-state index contributed by atoms with van der Waals surface area (Å²) in [5, 5.41) is 17.1. The lowest BCUT2D eigenvalue weighted by Crippen LogP contribution is -2.22. The molecule has 3 rings (SSSR count). The lowest BCUT2D eigenvalue weighted by Gasteiger charge is -2.06. The van der Waals surface area contributed by atoms with Crippen LogP contribution in [0.25, 0.3) is 0 Å². The fourth-order valence-corrected chi connectivity index (χ4v) is 4.49. The van der Waals surface area contributed by atoms with Gasteiger partial charge in [0.2, 0.25) is 16.9 Å². The van der Waals surface area contributed by atoms with Crippen LogP contribution in [-0.2, 0) is 16.0 Å². The van der Waals surface area contributed by atoms with Crippen molar-refractivity contribution in [2.45, 2.75) is 24.6 Å². The predicted octanol–water partition coefficient (Wildman–Crippen LogP) is 4.03. The van der Waals surface area contributed by atoms with Gasteiger partial charge in [0, 0.05) is 37.3 Å². The van der Waals surface area contributed by atoms with Crippen LogP contribution in [-0.4, -0.2) is 40.1 Å². The second kappa shape index (κ2) is 11.5. The van der Waals surface area contributed by atoms with Gasteiger partial charge >= 0.3 is 0 Å². The predicted molar refractivity (Wildman–Crippen MR) is 128 cm³/mol. The molecule has 0 spiro atoms. The van der Waals surface area contributed by atoms with Gasteiger partial charge in [0.15, 0.2) is 10.1 Å². The van der Waals surface area contributed by atoms with E-state index in [-0.39, 0.29) is 28.9 Å². The molecule has 3 N–H and O–H groups in total. The van der Waals surface area contributed by atoms with E-state index in [1.807, 2.05) is 6.07 Å². The Kier molecular flexibility index (Phi) is 8.50. The van der Waals surface area contributed by atoms with Gasteiger partial charge in [-0.25, -0.2) is 4.39 Å². The number of nitrogens with zero attached hydrogens (tertiary/aromatic N) is 2. The SMILES string of the molecule is CC(=O)NCCc1ccc(C(=O)CSc2nnc(Nc3cccc(NC(C)=O)c3)s2)cc1F. The van der Waals surface area contributed by atoms with Crippen molar-refractivity contribution in [1.82, 2.24) is 15.5 Å². The number of hydrogen-bond acceptors (Lipinski definition) is 8. The minimum absolute atomic E-state index is 0.0946. The summed E-state index contributed by atoms with van der Waals surface area (Å²) in [6.45, 7) is 3.17. The van der Waals surface area contributed by atoms with Crippen molar-refractivity contribution in [3.63, 3.8) is 0 Å². The molecule has 0 aliphatic rings. The summed E-state index contributed by atoms with van der Waals surface area (Å²) in [5.41, 5.74) is 2.11. The average molecular weight is 488 g/mol. The van der Waals surface area contributed by atoms with Gasteiger partial charge in [-0.05, 0) is 36.2 Å². The van der Waals surface area contributed by atoms with Crippen LogP contribution in [0.1, 0.15) is 29.8 Å². The quantitative estimate of drug-likeness (QED) is 0.292. The van der Waals surface area contributed by atoms with Crippen LogP contribution in [0, 0.1) is 5.82 Å². The van der Waals surface area contributed by atoms with Crippen LogP contribution in [0.4, 0.5) is 20.9 Å². The van der Waals surface area contributed by atoms with Crippen molar-refractivity contribution in [3.05, 3.63) is 59.4 Å². The van der Waals surface area contributed by atoms with Crippen LogP contribution in [0.15, 0.2) is 46.8 Å². The van der Waals surface area contributed by atoms with Crippen molar-refractivity contribution in [3.8, 4) is 0 Å². The number of amides is 2. The zero-order chi connectivity index (χ0) is 23.8. The van der Waals surface area contributed by atoms with E-state index in [2.05, 4.69) is 26.1 Å². The number of benzene rings is 2. The zero-order valence-corrected chi connectivity index (χ0v) is 19.6. The summed E-state index contributed by atoms with van der Waals surface area (Å²) in [5.74, 6) is -0.934. The third-order valence-corrected chi connectivity index (χ3v) is 6.28. The Morgan fingerprint density at radius 2 is 1.82 bits per heavy atom. The number of carbonyl (C=O) groups is 3. The Balaban J connectivity index is 1.53. The maximum absolute atomic E-state index is 14.3. The number of rotatable bonds is 10. The largest absolute Gasteiger partial charge is 0.356 e. The fourth-order valence-electron chi connectivity index (χ4n) is 2.83. The molecular formula is C22H22FN5O3S2. The Morgan fingerprint density at radius 3 is 2.55 bits per heavy atom. The van der Waals surface area contributed by atoms with Crippen molar-refractivity contribution < 1.29 is 18.8 Å². The van der Waals surface area contributed by atoms with Gasteiger partial charge in [-0.2, -0.15) is 0 Å². The minimum Gasteiger partial charge on any atom is -0.356 e. The van der Waals surface area contributed by atoms with Gasteiger partial charge in [0.1, 0.15) is 5.82 Å². The van der Waals surface area contributed by atoms with Crippen LogP contribution >= 0.6 is 23.1 Å². The first-order chi connectivity index (χ1) is 15.8. The van der Waals surface area contributed by atoms with Crippen LogP contribution in [0.2, 0.25) is 0 Å². The second-order valence-corrected chi connectivity index (χ2v) is 9.21. The number of ketones is 1.